The van der Waals surface area contributed by atoms with E-state index in [0.29, 0.717) is 6.61 Å². The van der Waals surface area contributed by atoms with Crippen LogP contribution in [0.1, 0.15) is 96.3 Å². The van der Waals surface area contributed by atoms with E-state index in [4.69, 9.17) is 9.78 Å². The van der Waals surface area contributed by atoms with Crippen molar-refractivity contribution in [2.45, 2.75) is 102 Å². The van der Waals surface area contributed by atoms with Crippen molar-refractivity contribution in [1.29, 1.82) is 0 Å². The molecule has 1 aliphatic carbocycles. The summed E-state index contributed by atoms with van der Waals surface area (Å²) in [6, 6.07) is 0. The maximum Gasteiger partial charge on any atom is 0.201 e. The van der Waals surface area contributed by atoms with Crippen LogP contribution in [-0.2, 0) is 9.78 Å². The van der Waals surface area contributed by atoms with Gasteiger partial charge in [-0.1, -0.05) is 64.2 Å². The molecular weight excluding hydrogens is 264 g/mol. The number of aliphatic hydroxyl groups is 1. The molecule has 0 bridgehead atoms. The maximum absolute atomic E-state index is 11.0. The van der Waals surface area contributed by atoms with Gasteiger partial charge in [0, 0.05) is 12.3 Å². The summed E-state index contributed by atoms with van der Waals surface area (Å²) in [4.78, 5) is 10.9. The van der Waals surface area contributed by atoms with Crippen LogP contribution in [0.25, 0.3) is 0 Å². The highest BCUT2D eigenvalue weighted by Gasteiger charge is 2.38. The average molecular weight is 298 g/mol. The van der Waals surface area contributed by atoms with Gasteiger partial charge in [-0.25, -0.2) is 9.78 Å². The normalized spacial score (nSPS) is 32.4. The van der Waals surface area contributed by atoms with E-state index in [-0.39, 0.29) is 5.92 Å². The Morgan fingerprint density at radius 3 is 1.86 bits per heavy atom. The summed E-state index contributed by atoms with van der Waals surface area (Å²) in [5.74, 6) is -0.800. The van der Waals surface area contributed by atoms with E-state index in [0.717, 1.165) is 32.1 Å². The Balaban J connectivity index is 1.93. The second kappa shape index (κ2) is 9.81. The average Bonchev–Trinajstić information content (AvgIpc) is 2.51. The van der Waals surface area contributed by atoms with Crippen molar-refractivity contribution in [2.75, 3.05) is 6.61 Å². The minimum Gasteiger partial charge on any atom is -0.363 e. The van der Waals surface area contributed by atoms with E-state index in [9.17, 15) is 5.11 Å². The van der Waals surface area contributed by atoms with E-state index in [2.05, 4.69) is 0 Å². The number of hydrogen-bond acceptors (Lipinski definition) is 3. The van der Waals surface area contributed by atoms with Crippen molar-refractivity contribution >= 4 is 0 Å². The molecule has 1 saturated heterocycles. The molecule has 0 spiro atoms. The van der Waals surface area contributed by atoms with Crippen molar-refractivity contribution in [3.8, 4) is 0 Å². The molecule has 2 aliphatic rings. The minimum absolute atomic E-state index is 0.245. The van der Waals surface area contributed by atoms with Gasteiger partial charge in [-0.2, -0.15) is 0 Å². The van der Waals surface area contributed by atoms with Gasteiger partial charge in [0.15, 0.2) is 0 Å². The first kappa shape index (κ1) is 17.2. The van der Waals surface area contributed by atoms with Crippen LogP contribution < -0.4 is 0 Å². The Bertz CT molecular complexity index is 247. The van der Waals surface area contributed by atoms with Crippen molar-refractivity contribution in [3.05, 3.63) is 0 Å². The molecule has 124 valence electrons. The van der Waals surface area contributed by atoms with Crippen LogP contribution in [0.3, 0.4) is 0 Å². The molecule has 1 N–H and O–H groups in total. The van der Waals surface area contributed by atoms with E-state index in [1.807, 2.05) is 0 Å². The first-order valence-electron chi connectivity index (χ1n) is 9.34. The zero-order valence-electron chi connectivity index (χ0n) is 13.7. The minimum atomic E-state index is -1.05. The van der Waals surface area contributed by atoms with Gasteiger partial charge in [0.25, 0.3) is 0 Å². The molecule has 3 heteroatoms. The molecule has 1 unspecified atom stereocenters. The molecule has 2 fully saturated rings. The summed E-state index contributed by atoms with van der Waals surface area (Å²) >= 11 is 0. The summed E-state index contributed by atoms with van der Waals surface area (Å²) in [6.07, 6.45) is 17.8. The standard InChI is InChI=1S/C18H34O3/c19-18(15-11-7-4-8-12-16-20-21-18)17-13-9-5-2-1-3-6-10-14-17/h17,19H,1-16H2. The van der Waals surface area contributed by atoms with Crippen molar-refractivity contribution in [1.82, 2.24) is 0 Å². The van der Waals surface area contributed by atoms with Gasteiger partial charge < -0.3 is 5.11 Å². The lowest BCUT2D eigenvalue weighted by atomic mass is 9.83. The molecule has 3 nitrogen and oxygen atoms in total. The maximum atomic E-state index is 11.0. The fourth-order valence-electron chi connectivity index (χ4n) is 3.79. The van der Waals surface area contributed by atoms with E-state index in [1.165, 1.54) is 64.2 Å². The second-order valence-electron chi connectivity index (χ2n) is 7.02. The van der Waals surface area contributed by atoms with Crippen LogP contribution in [0.15, 0.2) is 0 Å². The summed E-state index contributed by atoms with van der Waals surface area (Å²) in [6.45, 7) is 0.620. The van der Waals surface area contributed by atoms with E-state index >= 15 is 0 Å². The van der Waals surface area contributed by atoms with Crippen molar-refractivity contribution < 1.29 is 14.9 Å². The first-order chi connectivity index (χ1) is 10.3. The van der Waals surface area contributed by atoms with Crippen LogP contribution in [-0.4, -0.2) is 17.5 Å². The van der Waals surface area contributed by atoms with Gasteiger partial charge in [-0.05, 0) is 25.7 Å². The summed E-state index contributed by atoms with van der Waals surface area (Å²) in [7, 11) is 0. The van der Waals surface area contributed by atoms with Crippen molar-refractivity contribution in [2.24, 2.45) is 5.92 Å². The van der Waals surface area contributed by atoms with Crippen LogP contribution >= 0.6 is 0 Å². The second-order valence-corrected chi connectivity index (χ2v) is 7.02. The molecule has 0 aromatic carbocycles. The van der Waals surface area contributed by atoms with E-state index < -0.39 is 5.79 Å². The molecule has 1 atom stereocenters. The molecule has 0 aromatic rings. The van der Waals surface area contributed by atoms with Crippen molar-refractivity contribution in [3.63, 3.8) is 0 Å². The Kier molecular flexibility index (Phi) is 8.05. The third-order valence-electron chi connectivity index (χ3n) is 5.21. The van der Waals surface area contributed by atoms with Crippen LogP contribution in [0, 0.1) is 5.92 Å². The van der Waals surface area contributed by atoms with Crippen LogP contribution in [0.4, 0.5) is 0 Å². The largest absolute Gasteiger partial charge is 0.363 e. The zero-order valence-corrected chi connectivity index (χ0v) is 13.7. The Labute approximate surface area is 130 Å². The monoisotopic (exact) mass is 298 g/mol. The van der Waals surface area contributed by atoms with Gasteiger partial charge >= 0.3 is 0 Å². The third-order valence-corrected chi connectivity index (χ3v) is 5.21. The molecule has 1 saturated carbocycles. The molecule has 1 heterocycles. The summed E-state index contributed by atoms with van der Waals surface area (Å²) < 4.78 is 0. The first-order valence-corrected chi connectivity index (χ1v) is 9.34. The molecule has 1 aliphatic heterocycles. The lowest BCUT2D eigenvalue weighted by molar-refractivity contribution is -0.437. The number of hydrogen-bond donors (Lipinski definition) is 1. The van der Waals surface area contributed by atoms with Gasteiger partial charge in [-0.15, -0.1) is 0 Å². The topological polar surface area (TPSA) is 38.7 Å². The fraction of sp³-hybridized carbons (Fsp3) is 1.00. The smallest absolute Gasteiger partial charge is 0.201 e. The lowest BCUT2D eigenvalue weighted by Crippen LogP contribution is -2.41. The summed E-state index contributed by atoms with van der Waals surface area (Å²) in [5, 5.41) is 11.0. The predicted molar refractivity (Wildman–Crippen MR) is 84.7 cm³/mol. The lowest BCUT2D eigenvalue weighted by Gasteiger charge is -2.35. The Hall–Kier alpha value is -0.120. The predicted octanol–water partition coefficient (Wildman–Crippen LogP) is 5.12. The SMILES string of the molecule is OC1(C2CCCCCCCCC2)CCCCCCCOO1. The van der Waals surface area contributed by atoms with E-state index in [1.54, 1.807) is 0 Å². The highest BCUT2D eigenvalue weighted by atomic mass is 17.2. The molecule has 0 radical (unpaired) electrons. The zero-order chi connectivity index (χ0) is 14.8. The van der Waals surface area contributed by atoms with Crippen LogP contribution in [0.2, 0.25) is 0 Å². The number of rotatable bonds is 1. The van der Waals surface area contributed by atoms with Gasteiger partial charge in [0.2, 0.25) is 5.79 Å². The molecular formula is C18H34O3. The molecule has 0 aromatic heterocycles. The molecule has 21 heavy (non-hydrogen) atoms. The van der Waals surface area contributed by atoms with Gasteiger partial charge in [-0.3, -0.25) is 0 Å². The van der Waals surface area contributed by atoms with Gasteiger partial charge in [0.1, 0.15) is 0 Å². The molecule has 0 amide bonds. The highest BCUT2D eigenvalue weighted by molar-refractivity contribution is 4.78. The summed E-state index contributed by atoms with van der Waals surface area (Å²) in [5.41, 5.74) is 0. The van der Waals surface area contributed by atoms with Gasteiger partial charge in [0.05, 0.1) is 6.61 Å². The Morgan fingerprint density at radius 1 is 0.667 bits per heavy atom. The third kappa shape index (κ3) is 6.25. The fourth-order valence-corrected chi connectivity index (χ4v) is 3.79. The Morgan fingerprint density at radius 2 is 1.19 bits per heavy atom. The molecule has 2 rings (SSSR count). The highest BCUT2D eigenvalue weighted by Crippen LogP contribution is 2.35. The van der Waals surface area contributed by atoms with Crippen LogP contribution in [0.5, 0.6) is 0 Å². The quantitative estimate of drug-likeness (QED) is 0.683.